The zero-order chi connectivity index (χ0) is 99.1. The van der Waals surface area contributed by atoms with Crippen LogP contribution in [-0.4, -0.2) is 183 Å². The van der Waals surface area contributed by atoms with E-state index in [0.717, 1.165) is 141 Å². The second kappa shape index (κ2) is 60.3. The third kappa shape index (κ3) is 39.4. The fourth-order valence-corrected chi connectivity index (χ4v) is 16.8. The van der Waals surface area contributed by atoms with Gasteiger partial charge in [-0.15, -0.1) is 0 Å². The molecule has 9 heterocycles. The van der Waals surface area contributed by atoms with Gasteiger partial charge in [0, 0.05) is 114 Å². The lowest BCUT2D eigenvalue weighted by Gasteiger charge is -2.13. The van der Waals surface area contributed by atoms with Crippen molar-refractivity contribution in [2.75, 3.05) is 131 Å². The summed E-state index contributed by atoms with van der Waals surface area (Å²) >= 11 is 46.4. The molecule has 27 nitrogen and oxygen atoms in total. The maximum atomic E-state index is 13.4. The number of methoxy groups -OCH3 is 2. The van der Waals surface area contributed by atoms with Crippen LogP contribution in [0.25, 0.3) is 0 Å². The number of halogens is 16. The summed E-state index contributed by atoms with van der Waals surface area (Å²) in [6.07, 6.45) is -4.45. The van der Waals surface area contributed by atoms with E-state index >= 15 is 0 Å². The molecule has 0 bridgehead atoms. The van der Waals surface area contributed by atoms with Crippen molar-refractivity contribution in [3.63, 3.8) is 0 Å². The van der Waals surface area contributed by atoms with E-state index in [9.17, 15) is 30.7 Å². The lowest BCUT2D eigenvalue weighted by molar-refractivity contribution is -0.137. The number of aliphatic imine (C=N–C) groups is 9. The van der Waals surface area contributed by atoms with Crippen LogP contribution in [0, 0.1) is 30.2 Å². The molecular formula is C94H100Br4Cl5F7N18O9S2. The summed E-state index contributed by atoms with van der Waals surface area (Å²) < 4.78 is 141. The molecule has 45 heteroatoms. The van der Waals surface area contributed by atoms with Gasteiger partial charge >= 0.3 is 6.18 Å². The van der Waals surface area contributed by atoms with Gasteiger partial charge in [-0.1, -0.05) is 218 Å². The van der Waals surface area contributed by atoms with E-state index in [1.807, 2.05) is 72.8 Å². The molecule has 0 aromatic heterocycles. The average Bonchev–Trinajstić information content (AvgIpc) is 1.70. The van der Waals surface area contributed by atoms with Crippen LogP contribution in [0.2, 0.25) is 25.1 Å². The van der Waals surface area contributed by atoms with E-state index < -0.39 is 23.4 Å². The smallest absolute Gasteiger partial charge is 0.417 e. The minimum absolute atomic E-state index is 0.0446. The van der Waals surface area contributed by atoms with Crippen LogP contribution in [0.5, 0.6) is 11.5 Å². The molecule has 0 atom stereocenters. The normalized spacial score (nSPS) is 14.8. The van der Waals surface area contributed by atoms with Gasteiger partial charge in [0.25, 0.3) is 42.2 Å². The number of nitrogens with zero attached hydrogens (tertiary/aromatic N) is 9. The molecule has 9 aliphatic rings. The Morgan fingerprint density at radius 1 is 0.345 bits per heavy atom. The Morgan fingerprint density at radius 2 is 0.741 bits per heavy atom. The molecule has 0 radical (unpaired) electrons. The number of hydrogen-bond acceptors (Lipinski definition) is 29. The molecule has 0 fully saturated rings. The van der Waals surface area contributed by atoms with Gasteiger partial charge in [0.2, 0.25) is 0 Å². The van der Waals surface area contributed by atoms with Crippen LogP contribution in [0.15, 0.2) is 233 Å². The zero-order valence-corrected chi connectivity index (χ0v) is 87.1. The molecular weight excluding hydrogens is 2220 g/mol. The van der Waals surface area contributed by atoms with Gasteiger partial charge in [0.05, 0.1) is 100 Å². The highest BCUT2D eigenvalue weighted by Crippen LogP contribution is 2.37. The van der Waals surface area contributed by atoms with Crippen LogP contribution in [0.3, 0.4) is 0 Å². The SMILES string of the molecule is Brc1cccc(CNC2=NCCO2)c1.COc1c(C)cccc1CNC1=NCCS1.COc1c(Cl)cccc1CNC1=NCCS1.Clc1ccc(Br)cc1CNC1=NCCO1.Clc1ccccc1CNC1=NCCO1.FC(F)(F)c1cccc(CNC2=NCCO2)c1Cl.Fc1ccc(Br)c(CNC2=NCCO2)c1.Fc1ccc(Br)cc1CNC1=NCCO1.Fc1ccc(Cl)c(F)c1CNC1=NCCO1. The van der Waals surface area contributed by atoms with Crippen molar-refractivity contribution in [3.8, 4) is 11.5 Å². The molecule has 744 valence electrons. The minimum Gasteiger partial charge on any atom is -0.496 e. The number of amidine groups is 9. The van der Waals surface area contributed by atoms with Crippen LogP contribution in [-0.2, 0) is 98.2 Å². The Kier molecular flexibility index (Phi) is 48.2. The maximum absolute atomic E-state index is 13.4. The molecule has 0 aliphatic carbocycles. The van der Waals surface area contributed by atoms with Crippen LogP contribution in [0.4, 0.5) is 30.7 Å². The molecule has 0 unspecified atom stereocenters. The van der Waals surface area contributed by atoms with E-state index in [1.165, 1.54) is 53.1 Å². The van der Waals surface area contributed by atoms with Crippen molar-refractivity contribution in [1.29, 1.82) is 0 Å². The van der Waals surface area contributed by atoms with Crippen molar-refractivity contribution >= 4 is 198 Å². The molecule has 0 saturated heterocycles. The number of thioether (sulfide) groups is 2. The van der Waals surface area contributed by atoms with Crippen LogP contribution < -0.4 is 57.3 Å². The molecule has 0 amide bonds. The number of rotatable bonds is 20. The van der Waals surface area contributed by atoms with Crippen LogP contribution >= 0.6 is 145 Å². The first-order valence-electron chi connectivity index (χ1n) is 43.2. The number of ether oxygens (including phenoxy) is 9. The first kappa shape index (κ1) is 111. The predicted octanol–water partition coefficient (Wildman–Crippen LogP) is 20.1. The van der Waals surface area contributed by atoms with Gasteiger partial charge in [0.1, 0.15) is 81.0 Å². The number of aryl methyl sites for hydroxylation is 1. The highest BCUT2D eigenvalue weighted by molar-refractivity contribution is 9.11. The highest BCUT2D eigenvalue weighted by atomic mass is 79.9. The Bertz CT molecular complexity index is 5560. The summed E-state index contributed by atoms with van der Waals surface area (Å²) in [7, 11) is 3.35. The van der Waals surface area contributed by atoms with Gasteiger partial charge in [-0.05, 0) is 137 Å². The largest absolute Gasteiger partial charge is 0.496 e. The van der Waals surface area contributed by atoms with Crippen LogP contribution in [0.1, 0.15) is 61.2 Å². The molecule has 139 heavy (non-hydrogen) atoms. The zero-order valence-electron chi connectivity index (χ0n) is 75.3. The quantitative estimate of drug-likeness (QED) is 0.0253. The van der Waals surface area contributed by atoms with Crippen molar-refractivity contribution in [2.45, 2.75) is 72.0 Å². The number of benzene rings is 9. The van der Waals surface area contributed by atoms with Gasteiger partial charge in [-0.3, -0.25) is 9.98 Å². The van der Waals surface area contributed by atoms with Gasteiger partial charge in [-0.2, -0.15) is 13.2 Å². The predicted molar refractivity (Wildman–Crippen MR) is 555 cm³/mol. The Hall–Kier alpha value is -10.0. The molecule has 0 saturated carbocycles. The number of hydrogen-bond donors (Lipinski definition) is 9. The van der Waals surface area contributed by atoms with E-state index in [2.05, 4.69) is 194 Å². The standard InChI is InChI=1S/C12H16N2OS.C11H10ClF3N2O.C11H13ClN2OS.C10H10BrClN2O.2C10H10BrFN2O.C10H11BrN2O.C10H9ClF2N2O.C10H11ClN2O/c1-9-4-3-5-10(11(9)15-2)8-14-12-13-6-7-16-12;12-9-7(6-17-10-16-4-5-18-10)2-1-3-8(9)11(13,14)15;1-15-10-8(3-2-4-9(10)12)7-14-11-13-5-6-16-11;11-8-1-2-9(12)7(5-8)6-14-10-13-3-4-15-10;11-9-2-1-8(12)5-7(9)6-14-10-13-3-4-15-10;11-8-1-2-9(12)7(5-8)6-14-10-13-3-4-15-10;11-9-3-1-2-8(6-9)7-13-10-12-4-5-14-10;11-7-1-2-8(12)6(9(7)13)5-15-10-14-3-4-16-10;11-9-4-2-1-3-8(9)7-13-10-12-5-6-14-10/h3-5H,6-8H2,1-2H3,(H,13,14);1-3H,4-6H2,(H,16,17);2-4H,5-7H2,1H3,(H,13,14);3*1-2,5H,3-4,6H2,(H,13,14);1-3,6H,4-5,7H2,(H,12,13);1-2H,3-5H2,(H,14,15);1-4H,5-7H2,(H,12,13). The number of alkyl halides is 3. The summed E-state index contributed by atoms with van der Waals surface area (Å²) in [4.78, 5) is 37.1. The van der Waals surface area contributed by atoms with E-state index in [4.69, 9.17) is 101 Å². The van der Waals surface area contributed by atoms with Crippen molar-refractivity contribution in [2.24, 2.45) is 44.9 Å². The second-order valence-corrected chi connectivity index (χ2v) is 37.0. The Morgan fingerprint density at radius 3 is 1.23 bits per heavy atom. The third-order valence-electron chi connectivity index (χ3n) is 19.3. The summed E-state index contributed by atoms with van der Waals surface area (Å²) in [5, 5.41) is 31.1. The van der Waals surface area contributed by atoms with E-state index in [1.54, 1.807) is 55.9 Å². The van der Waals surface area contributed by atoms with Gasteiger partial charge in [0.15, 0.2) is 10.3 Å². The van der Waals surface area contributed by atoms with Crippen molar-refractivity contribution < 1.29 is 73.4 Å². The van der Waals surface area contributed by atoms with Gasteiger partial charge in [-0.25, -0.2) is 52.5 Å². The van der Waals surface area contributed by atoms with Crippen molar-refractivity contribution in [1.82, 2.24) is 47.9 Å². The summed E-state index contributed by atoms with van der Waals surface area (Å²) in [5.74, 6) is 1.98. The Labute approximate surface area is 868 Å². The fourth-order valence-electron chi connectivity index (χ4n) is 12.6. The third-order valence-corrected chi connectivity index (χ3v) is 25.2. The first-order valence-corrected chi connectivity index (χ1v) is 50.2. The second-order valence-electron chi connectivity index (χ2n) is 29.2. The number of para-hydroxylation sites is 2. The summed E-state index contributed by atoms with van der Waals surface area (Å²) in [6, 6.07) is 52.6. The maximum Gasteiger partial charge on any atom is 0.417 e. The number of nitrogens with one attached hydrogen (secondary N) is 9. The summed E-state index contributed by atoms with van der Waals surface area (Å²) in [5.41, 5.74) is 7.49. The fraction of sp³-hybridized carbons (Fsp3) is 0.330. The summed E-state index contributed by atoms with van der Waals surface area (Å²) in [6.45, 7) is 17.3. The lowest BCUT2D eigenvalue weighted by Crippen LogP contribution is -2.24. The lowest BCUT2D eigenvalue weighted by atomic mass is 10.1. The topological polar surface area (TPSA) is 303 Å². The average molecular weight is 2320 g/mol. The molecule has 9 aliphatic heterocycles. The molecule has 9 N–H and O–H groups in total. The Balaban J connectivity index is 0.000000161. The highest BCUT2D eigenvalue weighted by Gasteiger charge is 2.34. The van der Waals surface area contributed by atoms with Crippen molar-refractivity contribution in [3.05, 3.63) is 297 Å². The minimum atomic E-state index is -4.45. The molecule has 0 spiro atoms. The van der Waals surface area contributed by atoms with E-state index in [-0.39, 0.29) is 40.3 Å². The monoisotopic (exact) mass is 2310 g/mol. The molecule has 9 aromatic rings. The molecule has 9 aromatic carbocycles. The molecule has 18 rings (SSSR count). The van der Waals surface area contributed by atoms with Gasteiger partial charge < -0.3 is 90.5 Å². The first-order chi connectivity index (χ1) is 67.2. The van der Waals surface area contributed by atoms with E-state index in [0.29, 0.717) is 163 Å².